The minimum absolute atomic E-state index is 0.00746. The number of hydrogen-bond acceptors (Lipinski definition) is 6. The summed E-state index contributed by atoms with van der Waals surface area (Å²) in [6.45, 7) is 0.478. The maximum absolute atomic E-state index is 12.9. The standard InChI is InChI=1S/C19H17BrFNO6S/c20-16-6-3-14(11-18(16)29(25,26)22-7-9-27-10-8-22)19(24)28-12-17(23)13-1-4-15(21)5-2-13/h1-6,11H,7-10,12H2. The highest BCUT2D eigenvalue weighted by atomic mass is 79.9. The highest BCUT2D eigenvalue weighted by Gasteiger charge is 2.29. The molecule has 7 nitrogen and oxygen atoms in total. The molecule has 0 radical (unpaired) electrons. The molecule has 1 heterocycles. The predicted molar refractivity (Wildman–Crippen MR) is 105 cm³/mol. The molecule has 0 aromatic heterocycles. The van der Waals surface area contributed by atoms with Crippen LogP contribution in [0, 0.1) is 5.82 Å². The highest BCUT2D eigenvalue weighted by molar-refractivity contribution is 9.10. The number of hydrogen-bond donors (Lipinski definition) is 0. The monoisotopic (exact) mass is 485 g/mol. The van der Waals surface area contributed by atoms with Crippen molar-refractivity contribution in [2.45, 2.75) is 4.90 Å². The Hall–Kier alpha value is -2.14. The molecule has 2 aromatic carbocycles. The Morgan fingerprint density at radius 2 is 1.69 bits per heavy atom. The lowest BCUT2D eigenvalue weighted by molar-refractivity contribution is 0.0474. The molecule has 0 bridgehead atoms. The lowest BCUT2D eigenvalue weighted by Crippen LogP contribution is -2.40. The zero-order valence-electron chi connectivity index (χ0n) is 15.1. The Bertz CT molecular complexity index is 1020. The van der Waals surface area contributed by atoms with Gasteiger partial charge in [0.25, 0.3) is 0 Å². The summed E-state index contributed by atoms with van der Waals surface area (Å²) in [5.41, 5.74) is 0.192. The molecular weight excluding hydrogens is 469 g/mol. The quantitative estimate of drug-likeness (QED) is 0.461. The molecule has 0 N–H and O–H groups in total. The van der Waals surface area contributed by atoms with Crippen molar-refractivity contribution in [3.8, 4) is 0 Å². The summed E-state index contributed by atoms with van der Waals surface area (Å²) in [5, 5.41) is 0. The van der Waals surface area contributed by atoms with E-state index in [1.165, 1.54) is 34.6 Å². The number of esters is 1. The van der Waals surface area contributed by atoms with E-state index in [0.717, 1.165) is 12.1 Å². The van der Waals surface area contributed by atoms with Gasteiger partial charge in [-0.15, -0.1) is 0 Å². The van der Waals surface area contributed by atoms with Crippen LogP contribution in [0.4, 0.5) is 4.39 Å². The molecule has 10 heteroatoms. The summed E-state index contributed by atoms with van der Waals surface area (Å²) < 4.78 is 50.4. The fraction of sp³-hybridized carbons (Fsp3) is 0.263. The van der Waals surface area contributed by atoms with Crippen LogP contribution in [0.5, 0.6) is 0 Å². The van der Waals surface area contributed by atoms with Gasteiger partial charge in [0, 0.05) is 23.1 Å². The minimum Gasteiger partial charge on any atom is -0.454 e. The number of ether oxygens (including phenoxy) is 2. The number of rotatable bonds is 6. The first-order chi connectivity index (χ1) is 13.8. The first-order valence-electron chi connectivity index (χ1n) is 8.62. The van der Waals surface area contributed by atoms with Gasteiger partial charge >= 0.3 is 5.97 Å². The van der Waals surface area contributed by atoms with E-state index in [0.29, 0.717) is 17.7 Å². The van der Waals surface area contributed by atoms with Gasteiger partial charge in [-0.1, -0.05) is 0 Å². The molecule has 0 saturated carbocycles. The largest absolute Gasteiger partial charge is 0.454 e. The lowest BCUT2D eigenvalue weighted by Gasteiger charge is -2.26. The van der Waals surface area contributed by atoms with Crippen LogP contribution in [0.15, 0.2) is 51.8 Å². The van der Waals surface area contributed by atoms with Crippen LogP contribution < -0.4 is 0 Å². The van der Waals surface area contributed by atoms with Crippen molar-refractivity contribution in [3.63, 3.8) is 0 Å². The van der Waals surface area contributed by atoms with E-state index in [1.54, 1.807) is 0 Å². The van der Waals surface area contributed by atoms with Crippen molar-refractivity contribution < 1.29 is 31.9 Å². The Kier molecular flexibility index (Phi) is 6.78. The molecule has 1 aliphatic heterocycles. The van der Waals surface area contributed by atoms with E-state index in [1.807, 2.05) is 0 Å². The third-order valence-corrected chi connectivity index (χ3v) is 7.15. The molecule has 1 saturated heterocycles. The maximum atomic E-state index is 12.9. The topological polar surface area (TPSA) is 90.0 Å². The molecule has 29 heavy (non-hydrogen) atoms. The van der Waals surface area contributed by atoms with Crippen LogP contribution >= 0.6 is 15.9 Å². The first kappa shape index (κ1) is 21.6. The lowest BCUT2D eigenvalue weighted by atomic mass is 10.1. The molecule has 0 spiro atoms. The van der Waals surface area contributed by atoms with Gasteiger partial charge in [0.05, 0.1) is 23.7 Å². The summed E-state index contributed by atoms with van der Waals surface area (Å²) in [6.07, 6.45) is 0. The Morgan fingerprint density at radius 3 is 2.34 bits per heavy atom. The van der Waals surface area contributed by atoms with E-state index in [2.05, 4.69) is 15.9 Å². The second-order valence-corrected chi connectivity index (χ2v) is 8.93. The Morgan fingerprint density at radius 1 is 1.07 bits per heavy atom. The highest BCUT2D eigenvalue weighted by Crippen LogP contribution is 2.27. The zero-order valence-corrected chi connectivity index (χ0v) is 17.5. The predicted octanol–water partition coefficient (Wildman–Crippen LogP) is 2.65. The van der Waals surface area contributed by atoms with E-state index in [9.17, 15) is 22.4 Å². The normalized spacial score (nSPS) is 15.1. The van der Waals surface area contributed by atoms with Gasteiger partial charge in [-0.05, 0) is 58.4 Å². The molecule has 1 aliphatic rings. The van der Waals surface area contributed by atoms with E-state index in [4.69, 9.17) is 9.47 Å². The fourth-order valence-corrected chi connectivity index (χ4v) is 5.05. The first-order valence-corrected chi connectivity index (χ1v) is 10.9. The smallest absolute Gasteiger partial charge is 0.338 e. The summed E-state index contributed by atoms with van der Waals surface area (Å²) in [5.74, 6) is -1.83. The van der Waals surface area contributed by atoms with Crippen LogP contribution in [-0.4, -0.2) is 57.4 Å². The molecule has 0 aliphatic carbocycles. The number of benzene rings is 2. The molecule has 1 fully saturated rings. The van der Waals surface area contributed by atoms with Crippen LogP contribution in [0.2, 0.25) is 0 Å². The van der Waals surface area contributed by atoms with Gasteiger partial charge < -0.3 is 9.47 Å². The number of halogens is 2. The van der Waals surface area contributed by atoms with E-state index in [-0.39, 0.29) is 29.1 Å². The average molecular weight is 486 g/mol. The van der Waals surface area contributed by atoms with Gasteiger partial charge in [0.1, 0.15) is 5.82 Å². The Balaban J connectivity index is 1.73. The summed E-state index contributed by atoms with van der Waals surface area (Å²) in [7, 11) is -3.83. The van der Waals surface area contributed by atoms with Crippen molar-refractivity contribution in [2.75, 3.05) is 32.9 Å². The van der Waals surface area contributed by atoms with Crippen molar-refractivity contribution in [3.05, 3.63) is 63.9 Å². The van der Waals surface area contributed by atoms with Gasteiger partial charge in [-0.2, -0.15) is 4.31 Å². The number of nitrogens with zero attached hydrogens (tertiary/aromatic N) is 1. The molecule has 2 aromatic rings. The second-order valence-electron chi connectivity index (χ2n) is 6.17. The minimum atomic E-state index is -3.83. The second kappa shape index (κ2) is 9.12. The van der Waals surface area contributed by atoms with Gasteiger partial charge in [-0.3, -0.25) is 4.79 Å². The number of sulfonamides is 1. The van der Waals surface area contributed by atoms with Crippen molar-refractivity contribution >= 4 is 37.7 Å². The fourth-order valence-electron chi connectivity index (χ4n) is 2.69. The van der Waals surface area contributed by atoms with Crippen molar-refractivity contribution in [1.29, 1.82) is 0 Å². The summed E-state index contributed by atoms with van der Waals surface area (Å²) >= 11 is 3.21. The third-order valence-electron chi connectivity index (χ3n) is 4.26. The van der Waals surface area contributed by atoms with Crippen LogP contribution in [0.1, 0.15) is 20.7 Å². The van der Waals surface area contributed by atoms with E-state index >= 15 is 0 Å². The van der Waals surface area contributed by atoms with Crippen molar-refractivity contribution in [1.82, 2.24) is 4.31 Å². The summed E-state index contributed by atoms with van der Waals surface area (Å²) in [6, 6.07) is 8.88. The zero-order chi connectivity index (χ0) is 21.0. The number of morpholine rings is 1. The number of carbonyl (C=O) groups excluding carboxylic acids is 2. The van der Waals surface area contributed by atoms with Crippen LogP contribution in [-0.2, 0) is 19.5 Å². The SMILES string of the molecule is O=C(COC(=O)c1ccc(Br)c(S(=O)(=O)N2CCOCC2)c1)c1ccc(F)cc1. The van der Waals surface area contributed by atoms with E-state index < -0.39 is 34.2 Å². The third kappa shape index (κ3) is 5.08. The van der Waals surface area contributed by atoms with Gasteiger partial charge in [0.15, 0.2) is 12.4 Å². The molecule has 0 amide bonds. The number of Topliss-reactive ketones (excluding diaryl/α,β-unsaturated/α-hetero) is 1. The van der Waals surface area contributed by atoms with Crippen molar-refractivity contribution in [2.24, 2.45) is 0 Å². The molecule has 3 rings (SSSR count). The summed E-state index contributed by atoms with van der Waals surface area (Å²) in [4.78, 5) is 24.3. The Labute approximate surface area is 175 Å². The van der Waals surface area contributed by atoms with Crippen LogP contribution in [0.25, 0.3) is 0 Å². The molecule has 0 atom stereocenters. The number of ketones is 1. The average Bonchev–Trinajstić information content (AvgIpc) is 2.73. The molecule has 0 unspecified atom stereocenters. The van der Waals surface area contributed by atoms with Gasteiger partial charge in [0.2, 0.25) is 10.0 Å². The number of carbonyl (C=O) groups is 2. The van der Waals surface area contributed by atoms with Gasteiger partial charge in [-0.25, -0.2) is 17.6 Å². The van der Waals surface area contributed by atoms with Crippen LogP contribution in [0.3, 0.4) is 0 Å². The molecular formula is C19H17BrFNO6S. The molecule has 154 valence electrons. The maximum Gasteiger partial charge on any atom is 0.338 e.